The van der Waals surface area contributed by atoms with E-state index < -0.39 is 0 Å². The summed E-state index contributed by atoms with van der Waals surface area (Å²) in [6, 6.07) is 2.12. The van der Waals surface area contributed by atoms with Gasteiger partial charge in [0.05, 0.1) is 6.10 Å². The molecule has 1 saturated heterocycles. The Bertz CT molecular complexity index is 361. The normalized spacial score (nSPS) is 20.3. The van der Waals surface area contributed by atoms with Gasteiger partial charge in [-0.25, -0.2) is 0 Å². The Morgan fingerprint density at radius 1 is 1.44 bits per heavy atom. The standard InChI is InChI=1S/C15H24N2O/c1-3-17(12-15-6-4-5-9-18-15)11-14-7-8-16-10-13(14)2/h7-8,10,15H,3-6,9,11-12H2,1-2H3. The summed E-state index contributed by atoms with van der Waals surface area (Å²) in [5, 5.41) is 0. The summed E-state index contributed by atoms with van der Waals surface area (Å²) in [7, 11) is 0. The van der Waals surface area contributed by atoms with Crippen LogP contribution in [-0.2, 0) is 11.3 Å². The molecule has 1 aromatic rings. The Morgan fingerprint density at radius 3 is 3.00 bits per heavy atom. The van der Waals surface area contributed by atoms with Gasteiger partial charge in [-0.2, -0.15) is 0 Å². The van der Waals surface area contributed by atoms with Crippen molar-refractivity contribution in [3.05, 3.63) is 29.6 Å². The van der Waals surface area contributed by atoms with Gasteiger partial charge in [0, 0.05) is 32.1 Å². The average molecular weight is 248 g/mol. The Kier molecular flexibility index (Phi) is 5.14. The molecule has 1 aromatic heterocycles. The molecule has 1 atom stereocenters. The molecule has 0 aromatic carbocycles. The van der Waals surface area contributed by atoms with Crippen LogP contribution in [0, 0.1) is 6.92 Å². The van der Waals surface area contributed by atoms with Gasteiger partial charge in [-0.1, -0.05) is 6.92 Å². The Morgan fingerprint density at radius 2 is 2.33 bits per heavy atom. The fraction of sp³-hybridized carbons (Fsp3) is 0.667. The molecule has 1 fully saturated rings. The number of hydrogen-bond acceptors (Lipinski definition) is 3. The number of aryl methyl sites for hydroxylation is 1. The van der Waals surface area contributed by atoms with Gasteiger partial charge in [0.2, 0.25) is 0 Å². The van der Waals surface area contributed by atoms with E-state index in [0.29, 0.717) is 6.10 Å². The average Bonchev–Trinajstić information content (AvgIpc) is 2.41. The van der Waals surface area contributed by atoms with Gasteiger partial charge in [-0.3, -0.25) is 9.88 Å². The van der Waals surface area contributed by atoms with Crippen molar-refractivity contribution in [1.29, 1.82) is 0 Å². The van der Waals surface area contributed by atoms with Crippen LogP contribution in [0.5, 0.6) is 0 Å². The number of nitrogens with zero attached hydrogens (tertiary/aromatic N) is 2. The predicted octanol–water partition coefficient (Wildman–Crippen LogP) is 2.78. The number of rotatable bonds is 5. The van der Waals surface area contributed by atoms with Crippen molar-refractivity contribution in [2.45, 2.75) is 45.8 Å². The Balaban J connectivity index is 1.90. The van der Waals surface area contributed by atoms with Crippen molar-refractivity contribution in [3.63, 3.8) is 0 Å². The zero-order chi connectivity index (χ0) is 12.8. The van der Waals surface area contributed by atoms with Crippen LogP contribution >= 0.6 is 0 Å². The van der Waals surface area contributed by atoms with E-state index in [0.717, 1.165) is 26.2 Å². The second kappa shape index (κ2) is 6.86. The molecule has 0 N–H and O–H groups in total. The van der Waals surface area contributed by atoms with Crippen LogP contribution in [0.25, 0.3) is 0 Å². The first-order chi connectivity index (χ1) is 8.79. The lowest BCUT2D eigenvalue weighted by Gasteiger charge is -2.29. The molecule has 1 unspecified atom stereocenters. The minimum absolute atomic E-state index is 0.431. The summed E-state index contributed by atoms with van der Waals surface area (Å²) in [6.45, 7) is 8.42. The second-order valence-corrected chi connectivity index (χ2v) is 5.12. The molecular formula is C15H24N2O. The fourth-order valence-corrected chi connectivity index (χ4v) is 2.47. The first-order valence-corrected chi connectivity index (χ1v) is 7.03. The third-order valence-electron chi connectivity index (χ3n) is 3.71. The zero-order valence-corrected chi connectivity index (χ0v) is 11.6. The molecule has 0 radical (unpaired) electrons. The number of ether oxygens (including phenoxy) is 1. The predicted molar refractivity (Wildman–Crippen MR) is 73.5 cm³/mol. The van der Waals surface area contributed by atoms with E-state index >= 15 is 0 Å². The summed E-state index contributed by atoms with van der Waals surface area (Å²) in [6.07, 6.45) is 8.02. The van der Waals surface area contributed by atoms with Gasteiger partial charge in [0.15, 0.2) is 0 Å². The van der Waals surface area contributed by atoms with Crippen molar-refractivity contribution in [2.24, 2.45) is 0 Å². The molecule has 1 aliphatic heterocycles. The topological polar surface area (TPSA) is 25.4 Å². The first-order valence-electron chi connectivity index (χ1n) is 7.03. The number of aromatic nitrogens is 1. The molecule has 0 amide bonds. The summed E-state index contributed by atoms with van der Waals surface area (Å²) in [5.74, 6) is 0. The van der Waals surface area contributed by atoms with Crippen LogP contribution < -0.4 is 0 Å². The second-order valence-electron chi connectivity index (χ2n) is 5.12. The maximum Gasteiger partial charge on any atom is 0.0702 e. The molecule has 3 heteroatoms. The van der Waals surface area contributed by atoms with Crippen LogP contribution in [0.1, 0.15) is 37.3 Å². The van der Waals surface area contributed by atoms with Crippen LogP contribution in [0.15, 0.2) is 18.5 Å². The summed E-state index contributed by atoms with van der Waals surface area (Å²) in [4.78, 5) is 6.62. The molecule has 0 aliphatic carbocycles. The molecule has 0 bridgehead atoms. The maximum atomic E-state index is 5.82. The van der Waals surface area contributed by atoms with Crippen molar-refractivity contribution < 1.29 is 4.74 Å². The van der Waals surface area contributed by atoms with E-state index in [9.17, 15) is 0 Å². The van der Waals surface area contributed by atoms with E-state index in [1.165, 1.54) is 30.4 Å². The van der Waals surface area contributed by atoms with Crippen molar-refractivity contribution in [2.75, 3.05) is 19.7 Å². The lowest BCUT2D eigenvalue weighted by atomic mass is 10.1. The van der Waals surface area contributed by atoms with Gasteiger partial charge in [-0.05, 0) is 49.9 Å². The highest BCUT2D eigenvalue weighted by Crippen LogP contribution is 2.16. The monoisotopic (exact) mass is 248 g/mol. The number of hydrogen-bond donors (Lipinski definition) is 0. The smallest absolute Gasteiger partial charge is 0.0702 e. The maximum absolute atomic E-state index is 5.82. The van der Waals surface area contributed by atoms with Crippen molar-refractivity contribution >= 4 is 0 Å². The highest BCUT2D eigenvalue weighted by Gasteiger charge is 2.17. The van der Waals surface area contributed by atoms with Gasteiger partial charge >= 0.3 is 0 Å². The highest BCUT2D eigenvalue weighted by atomic mass is 16.5. The van der Waals surface area contributed by atoms with E-state index in [4.69, 9.17) is 4.74 Å². The molecule has 2 heterocycles. The molecule has 2 rings (SSSR count). The third-order valence-corrected chi connectivity index (χ3v) is 3.71. The van der Waals surface area contributed by atoms with E-state index in [2.05, 4.69) is 29.8 Å². The van der Waals surface area contributed by atoms with Gasteiger partial charge in [0.25, 0.3) is 0 Å². The quantitative estimate of drug-likeness (QED) is 0.801. The van der Waals surface area contributed by atoms with Gasteiger partial charge < -0.3 is 4.74 Å². The lowest BCUT2D eigenvalue weighted by molar-refractivity contribution is -0.00626. The molecule has 3 nitrogen and oxygen atoms in total. The molecule has 100 valence electrons. The molecule has 18 heavy (non-hydrogen) atoms. The molecule has 0 saturated carbocycles. The fourth-order valence-electron chi connectivity index (χ4n) is 2.47. The third kappa shape index (κ3) is 3.79. The van der Waals surface area contributed by atoms with E-state index in [-0.39, 0.29) is 0 Å². The van der Waals surface area contributed by atoms with E-state index in [1.54, 1.807) is 0 Å². The summed E-state index contributed by atoms with van der Waals surface area (Å²) < 4.78 is 5.82. The lowest BCUT2D eigenvalue weighted by Crippen LogP contribution is -2.35. The zero-order valence-electron chi connectivity index (χ0n) is 11.6. The van der Waals surface area contributed by atoms with Crippen LogP contribution in [0.4, 0.5) is 0 Å². The van der Waals surface area contributed by atoms with Gasteiger partial charge in [0.1, 0.15) is 0 Å². The Hall–Kier alpha value is -0.930. The molecule has 1 aliphatic rings. The number of likely N-dealkylation sites (N-methyl/N-ethyl adjacent to an activating group) is 1. The Labute approximate surface area is 110 Å². The summed E-state index contributed by atoms with van der Waals surface area (Å²) in [5.41, 5.74) is 2.66. The van der Waals surface area contributed by atoms with Crippen LogP contribution in [-0.4, -0.2) is 35.7 Å². The van der Waals surface area contributed by atoms with Gasteiger partial charge in [-0.15, -0.1) is 0 Å². The first kappa shape index (κ1) is 13.5. The number of pyridine rings is 1. The van der Waals surface area contributed by atoms with E-state index in [1.807, 2.05) is 12.4 Å². The minimum atomic E-state index is 0.431. The minimum Gasteiger partial charge on any atom is -0.377 e. The van der Waals surface area contributed by atoms with Crippen molar-refractivity contribution in [1.82, 2.24) is 9.88 Å². The SMILES string of the molecule is CCN(Cc1ccncc1C)CC1CCCCO1. The molecule has 0 spiro atoms. The highest BCUT2D eigenvalue weighted by molar-refractivity contribution is 5.21. The summed E-state index contributed by atoms with van der Waals surface area (Å²) >= 11 is 0. The van der Waals surface area contributed by atoms with Crippen LogP contribution in [0.2, 0.25) is 0 Å². The van der Waals surface area contributed by atoms with Crippen LogP contribution in [0.3, 0.4) is 0 Å². The largest absolute Gasteiger partial charge is 0.377 e. The molecular weight excluding hydrogens is 224 g/mol. The van der Waals surface area contributed by atoms with Crippen molar-refractivity contribution in [3.8, 4) is 0 Å².